The molecule has 0 aromatic heterocycles. The number of carbonyl (C=O) groups is 3. The summed E-state index contributed by atoms with van der Waals surface area (Å²) in [6.07, 6.45) is 1.35. The minimum absolute atomic E-state index is 0.400. The van der Waals surface area contributed by atoms with Crippen LogP contribution < -0.4 is 10.7 Å². The first-order valence-electron chi connectivity index (χ1n) is 7.08. The fourth-order valence-corrected chi connectivity index (χ4v) is 2.16. The Hall–Kier alpha value is -3.00. The van der Waals surface area contributed by atoms with Crippen LogP contribution in [0.5, 0.6) is 0 Å². The molecular weight excluding hydrogens is 390 g/mol. The molecule has 2 N–H and O–H groups in total. The summed E-state index contributed by atoms with van der Waals surface area (Å²) in [6, 6.07) is 13.3. The highest BCUT2D eigenvalue weighted by molar-refractivity contribution is 9.10. The molecule has 0 aliphatic heterocycles. The number of para-hydroxylation sites is 1. The third-order valence-corrected chi connectivity index (χ3v) is 3.73. The molecule has 0 saturated carbocycles. The minimum atomic E-state index is -0.904. The number of nitrogens with one attached hydrogen (secondary N) is 2. The number of rotatable bonds is 4. The Morgan fingerprint density at radius 3 is 2.36 bits per heavy atom. The zero-order valence-electron chi connectivity index (χ0n) is 13.2. The van der Waals surface area contributed by atoms with Gasteiger partial charge < -0.3 is 10.1 Å². The average Bonchev–Trinajstić information content (AvgIpc) is 2.63. The number of esters is 1. The SMILES string of the molecule is COC(=O)c1ccc(/C=N\NC(=O)C(=O)Nc2ccccc2Br)cc1. The van der Waals surface area contributed by atoms with Gasteiger partial charge in [0.15, 0.2) is 0 Å². The molecule has 2 amide bonds. The largest absolute Gasteiger partial charge is 0.465 e. The first kappa shape index (κ1) is 18.3. The standard InChI is InChI=1S/C17H14BrN3O4/c1-25-17(24)12-8-6-11(7-9-12)10-19-21-16(23)15(22)20-14-5-3-2-4-13(14)18/h2-10H,1H3,(H,20,22)(H,21,23)/b19-10-. The number of carbonyl (C=O) groups excluding carboxylic acids is 3. The molecule has 2 rings (SSSR count). The van der Waals surface area contributed by atoms with Crippen molar-refractivity contribution >= 4 is 45.6 Å². The van der Waals surface area contributed by atoms with Gasteiger partial charge >= 0.3 is 17.8 Å². The van der Waals surface area contributed by atoms with E-state index in [9.17, 15) is 14.4 Å². The Balaban J connectivity index is 1.90. The first-order valence-corrected chi connectivity index (χ1v) is 7.88. The quantitative estimate of drug-likeness (QED) is 0.354. The minimum Gasteiger partial charge on any atom is -0.465 e. The zero-order valence-corrected chi connectivity index (χ0v) is 14.7. The van der Waals surface area contributed by atoms with Crippen molar-refractivity contribution in [3.8, 4) is 0 Å². The molecular formula is C17H14BrN3O4. The van der Waals surface area contributed by atoms with E-state index in [0.717, 1.165) is 0 Å². The topological polar surface area (TPSA) is 96.9 Å². The van der Waals surface area contributed by atoms with Gasteiger partial charge in [-0.3, -0.25) is 9.59 Å². The lowest BCUT2D eigenvalue weighted by Gasteiger charge is -2.05. The van der Waals surface area contributed by atoms with E-state index < -0.39 is 17.8 Å². The zero-order chi connectivity index (χ0) is 18.2. The van der Waals surface area contributed by atoms with Gasteiger partial charge in [0.1, 0.15) is 0 Å². The third-order valence-electron chi connectivity index (χ3n) is 3.04. The van der Waals surface area contributed by atoms with Crippen molar-refractivity contribution in [2.75, 3.05) is 12.4 Å². The lowest BCUT2D eigenvalue weighted by Crippen LogP contribution is -2.32. The Morgan fingerprint density at radius 1 is 1.04 bits per heavy atom. The van der Waals surface area contributed by atoms with Gasteiger partial charge in [-0.25, -0.2) is 10.2 Å². The van der Waals surface area contributed by atoms with Crippen LogP contribution in [-0.2, 0) is 14.3 Å². The molecule has 2 aromatic carbocycles. The molecule has 0 atom stereocenters. The van der Waals surface area contributed by atoms with Gasteiger partial charge in [0.2, 0.25) is 0 Å². The maximum atomic E-state index is 11.8. The van der Waals surface area contributed by atoms with E-state index in [1.54, 1.807) is 48.5 Å². The van der Waals surface area contributed by atoms with E-state index in [0.29, 0.717) is 21.3 Å². The van der Waals surface area contributed by atoms with Crippen LogP contribution >= 0.6 is 15.9 Å². The molecule has 128 valence electrons. The Morgan fingerprint density at radius 2 is 1.72 bits per heavy atom. The second-order valence-corrected chi connectivity index (χ2v) is 5.60. The summed E-state index contributed by atoms with van der Waals surface area (Å²) in [5.74, 6) is -2.19. The molecule has 0 unspecified atom stereocenters. The average molecular weight is 404 g/mol. The van der Waals surface area contributed by atoms with Crippen molar-refractivity contribution in [2.45, 2.75) is 0 Å². The van der Waals surface area contributed by atoms with Crippen LogP contribution in [0.4, 0.5) is 5.69 Å². The van der Waals surface area contributed by atoms with Crippen molar-refractivity contribution in [3.63, 3.8) is 0 Å². The van der Waals surface area contributed by atoms with E-state index in [1.807, 2.05) is 0 Å². The molecule has 0 aliphatic carbocycles. The number of benzene rings is 2. The van der Waals surface area contributed by atoms with E-state index in [1.165, 1.54) is 13.3 Å². The van der Waals surface area contributed by atoms with Crippen LogP contribution in [-0.4, -0.2) is 31.1 Å². The van der Waals surface area contributed by atoms with Crippen LogP contribution in [0, 0.1) is 0 Å². The van der Waals surface area contributed by atoms with Crippen LogP contribution in [0.1, 0.15) is 15.9 Å². The first-order chi connectivity index (χ1) is 12.0. The Bertz CT molecular complexity index is 819. The van der Waals surface area contributed by atoms with Gasteiger partial charge in [-0.2, -0.15) is 5.10 Å². The number of amides is 2. The molecule has 0 saturated heterocycles. The number of methoxy groups -OCH3 is 1. The summed E-state index contributed by atoms with van der Waals surface area (Å²) in [5.41, 5.74) is 3.65. The predicted octanol–water partition coefficient (Wildman–Crippen LogP) is 2.32. The molecule has 7 nitrogen and oxygen atoms in total. The third kappa shape index (κ3) is 5.25. The van der Waals surface area contributed by atoms with Crippen LogP contribution in [0.3, 0.4) is 0 Å². The monoisotopic (exact) mass is 403 g/mol. The fourth-order valence-electron chi connectivity index (χ4n) is 1.78. The number of nitrogens with zero attached hydrogens (tertiary/aromatic N) is 1. The van der Waals surface area contributed by atoms with Crippen molar-refractivity contribution in [1.82, 2.24) is 5.43 Å². The highest BCUT2D eigenvalue weighted by Gasteiger charge is 2.13. The lowest BCUT2D eigenvalue weighted by atomic mass is 10.1. The molecule has 8 heteroatoms. The van der Waals surface area contributed by atoms with Crippen LogP contribution in [0.15, 0.2) is 58.1 Å². The summed E-state index contributed by atoms with van der Waals surface area (Å²) >= 11 is 3.27. The maximum absolute atomic E-state index is 11.8. The lowest BCUT2D eigenvalue weighted by molar-refractivity contribution is -0.136. The van der Waals surface area contributed by atoms with Gasteiger partial charge in [0.25, 0.3) is 0 Å². The van der Waals surface area contributed by atoms with Crippen LogP contribution in [0.25, 0.3) is 0 Å². The van der Waals surface area contributed by atoms with E-state index >= 15 is 0 Å². The number of anilines is 1. The number of ether oxygens (including phenoxy) is 1. The van der Waals surface area contributed by atoms with Gasteiger partial charge in [-0.05, 0) is 45.8 Å². The maximum Gasteiger partial charge on any atom is 0.337 e. The number of hydrogen-bond acceptors (Lipinski definition) is 5. The molecule has 0 bridgehead atoms. The highest BCUT2D eigenvalue weighted by atomic mass is 79.9. The molecule has 0 spiro atoms. The Labute approximate surface area is 152 Å². The summed E-state index contributed by atoms with van der Waals surface area (Å²) in [7, 11) is 1.30. The van der Waals surface area contributed by atoms with E-state index in [-0.39, 0.29) is 0 Å². The van der Waals surface area contributed by atoms with Crippen molar-refractivity contribution in [2.24, 2.45) is 5.10 Å². The highest BCUT2D eigenvalue weighted by Crippen LogP contribution is 2.20. The van der Waals surface area contributed by atoms with Gasteiger partial charge in [-0.1, -0.05) is 24.3 Å². The second-order valence-electron chi connectivity index (χ2n) is 4.75. The number of hydrogen-bond donors (Lipinski definition) is 2. The molecule has 0 heterocycles. The Kier molecular flexibility index (Phi) is 6.41. The number of halogens is 1. The molecule has 0 radical (unpaired) electrons. The summed E-state index contributed by atoms with van der Waals surface area (Å²) in [5, 5.41) is 6.17. The number of hydrazone groups is 1. The normalized spacial score (nSPS) is 10.3. The summed E-state index contributed by atoms with van der Waals surface area (Å²) in [6.45, 7) is 0. The van der Waals surface area contributed by atoms with Crippen LogP contribution in [0.2, 0.25) is 0 Å². The van der Waals surface area contributed by atoms with Gasteiger partial charge in [0.05, 0.1) is 24.6 Å². The van der Waals surface area contributed by atoms with Crippen molar-refractivity contribution in [3.05, 3.63) is 64.1 Å². The second kappa shape index (κ2) is 8.74. The molecule has 0 fully saturated rings. The van der Waals surface area contributed by atoms with Crippen molar-refractivity contribution in [1.29, 1.82) is 0 Å². The fraction of sp³-hybridized carbons (Fsp3) is 0.0588. The predicted molar refractivity (Wildman–Crippen MR) is 96.3 cm³/mol. The molecule has 0 aliphatic rings. The molecule has 2 aromatic rings. The van der Waals surface area contributed by atoms with Gasteiger partial charge in [0, 0.05) is 4.47 Å². The van der Waals surface area contributed by atoms with E-state index in [4.69, 9.17) is 0 Å². The van der Waals surface area contributed by atoms with Gasteiger partial charge in [-0.15, -0.1) is 0 Å². The smallest absolute Gasteiger partial charge is 0.337 e. The van der Waals surface area contributed by atoms with E-state index in [2.05, 4.69) is 36.5 Å². The summed E-state index contributed by atoms with van der Waals surface area (Å²) in [4.78, 5) is 34.8. The van der Waals surface area contributed by atoms with Crippen molar-refractivity contribution < 1.29 is 19.1 Å². The summed E-state index contributed by atoms with van der Waals surface area (Å²) < 4.78 is 5.25. The molecule has 25 heavy (non-hydrogen) atoms.